The molecular formula is C16H25NO4. The molecule has 21 heavy (non-hydrogen) atoms. The van der Waals surface area contributed by atoms with Crippen LogP contribution in [-0.4, -0.2) is 35.9 Å². The van der Waals surface area contributed by atoms with E-state index in [1.807, 2.05) is 45.0 Å². The van der Waals surface area contributed by atoms with Crippen molar-refractivity contribution in [2.75, 3.05) is 7.11 Å². The van der Waals surface area contributed by atoms with Crippen molar-refractivity contribution in [2.24, 2.45) is 0 Å². The molecule has 0 amide bonds. The molecule has 2 unspecified atom stereocenters. The number of methoxy groups -OCH3 is 1. The summed E-state index contributed by atoms with van der Waals surface area (Å²) in [6.07, 6.45) is 0.137. The maximum absolute atomic E-state index is 11.5. The molecule has 0 fully saturated rings. The quantitative estimate of drug-likeness (QED) is 0.772. The summed E-state index contributed by atoms with van der Waals surface area (Å²) in [4.78, 5) is 11.5. The molecule has 0 saturated heterocycles. The van der Waals surface area contributed by atoms with Gasteiger partial charge in [0.05, 0.1) is 13.2 Å². The van der Waals surface area contributed by atoms with E-state index in [2.05, 4.69) is 5.32 Å². The highest BCUT2D eigenvalue weighted by Gasteiger charge is 2.35. The van der Waals surface area contributed by atoms with Crippen molar-refractivity contribution in [3.63, 3.8) is 0 Å². The van der Waals surface area contributed by atoms with Crippen molar-refractivity contribution in [1.82, 2.24) is 5.32 Å². The first-order valence-electron chi connectivity index (χ1n) is 7.08. The van der Waals surface area contributed by atoms with Crippen LogP contribution in [0.3, 0.4) is 0 Å². The van der Waals surface area contributed by atoms with Crippen LogP contribution < -0.4 is 14.8 Å². The fourth-order valence-corrected chi connectivity index (χ4v) is 2.35. The van der Waals surface area contributed by atoms with Gasteiger partial charge in [-0.3, -0.25) is 10.1 Å². The minimum absolute atomic E-state index is 0.0827. The van der Waals surface area contributed by atoms with Gasteiger partial charge in [0.25, 0.3) is 0 Å². The Morgan fingerprint density at radius 1 is 1.24 bits per heavy atom. The Hall–Kier alpha value is -1.75. The fourth-order valence-electron chi connectivity index (χ4n) is 2.35. The molecule has 0 aromatic heterocycles. The van der Waals surface area contributed by atoms with Gasteiger partial charge in [-0.2, -0.15) is 0 Å². The lowest BCUT2D eigenvalue weighted by Gasteiger charge is -2.31. The number of carboxylic acids is 1. The Labute approximate surface area is 126 Å². The standard InChI is InChI=1S/C16H25NO4/c1-11(2)17-16(4,15(18)19)10-12(3)21-14-8-6-13(20-5)7-9-14/h6-9,11-12,17H,10H2,1-5H3,(H,18,19). The van der Waals surface area contributed by atoms with E-state index in [1.165, 1.54) is 0 Å². The first-order chi connectivity index (χ1) is 9.76. The summed E-state index contributed by atoms with van der Waals surface area (Å²) in [6, 6.07) is 7.32. The summed E-state index contributed by atoms with van der Waals surface area (Å²) in [5.74, 6) is 0.578. The van der Waals surface area contributed by atoms with Crippen molar-refractivity contribution in [3.8, 4) is 11.5 Å². The van der Waals surface area contributed by atoms with Gasteiger partial charge in [-0.15, -0.1) is 0 Å². The summed E-state index contributed by atoms with van der Waals surface area (Å²) >= 11 is 0. The third kappa shape index (κ3) is 5.27. The number of hydrogen-bond donors (Lipinski definition) is 2. The second kappa shape index (κ2) is 7.31. The normalized spacial score (nSPS) is 15.3. The zero-order chi connectivity index (χ0) is 16.0. The van der Waals surface area contributed by atoms with Gasteiger partial charge in [0.1, 0.15) is 17.0 Å². The van der Waals surface area contributed by atoms with Crippen molar-refractivity contribution in [1.29, 1.82) is 0 Å². The molecule has 0 heterocycles. The molecule has 2 atom stereocenters. The van der Waals surface area contributed by atoms with Crippen molar-refractivity contribution in [2.45, 2.75) is 51.8 Å². The summed E-state index contributed by atoms with van der Waals surface area (Å²) in [5, 5.41) is 12.5. The summed E-state index contributed by atoms with van der Waals surface area (Å²) in [7, 11) is 1.61. The molecule has 0 aliphatic carbocycles. The molecule has 5 heteroatoms. The van der Waals surface area contributed by atoms with Crippen LogP contribution in [0.4, 0.5) is 0 Å². The number of ether oxygens (including phenoxy) is 2. The van der Waals surface area contributed by atoms with E-state index >= 15 is 0 Å². The van der Waals surface area contributed by atoms with Crippen LogP contribution in [0.1, 0.15) is 34.1 Å². The van der Waals surface area contributed by atoms with E-state index < -0.39 is 11.5 Å². The van der Waals surface area contributed by atoms with Gasteiger partial charge in [0.15, 0.2) is 0 Å². The maximum atomic E-state index is 11.5. The maximum Gasteiger partial charge on any atom is 0.323 e. The van der Waals surface area contributed by atoms with Crippen LogP contribution in [0.5, 0.6) is 11.5 Å². The zero-order valence-electron chi connectivity index (χ0n) is 13.3. The SMILES string of the molecule is COc1ccc(OC(C)CC(C)(NC(C)C)C(=O)O)cc1. The van der Waals surface area contributed by atoms with Crippen LogP contribution in [0, 0.1) is 0 Å². The molecule has 118 valence electrons. The van der Waals surface area contributed by atoms with Gasteiger partial charge in [-0.05, 0) is 52.0 Å². The number of carbonyl (C=O) groups is 1. The predicted octanol–water partition coefficient (Wildman–Crippen LogP) is 2.69. The van der Waals surface area contributed by atoms with Gasteiger partial charge in [-0.25, -0.2) is 0 Å². The first kappa shape index (κ1) is 17.3. The molecule has 0 spiro atoms. The lowest BCUT2D eigenvalue weighted by molar-refractivity contribution is -0.145. The molecule has 0 radical (unpaired) electrons. The number of carboxylic acid groups (broad SMARTS) is 1. The smallest absolute Gasteiger partial charge is 0.323 e. The largest absolute Gasteiger partial charge is 0.497 e. The molecule has 0 aliphatic rings. The monoisotopic (exact) mass is 295 g/mol. The van der Waals surface area contributed by atoms with Gasteiger partial charge in [0, 0.05) is 12.5 Å². The number of rotatable bonds is 8. The van der Waals surface area contributed by atoms with Gasteiger partial charge in [0.2, 0.25) is 0 Å². The van der Waals surface area contributed by atoms with Crippen molar-refractivity contribution in [3.05, 3.63) is 24.3 Å². The van der Waals surface area contributed by atoms with Gasteiger partial charge >= 0.3 is 5.97 Å². The molecule has 0 saturated carbocycles. The third-order valence-electron chi connectivity index (χ3n) is 3.17. The highest BCUT2D eigenvalue weighted by atomic mass is 16.5. The van der Waals surface area contributed by atoms with E-state index in [0.717, 1.165) is 5.75 Å². The highest BCUT2D eigenvalue weighted by Crippen LogP contribution is 2.21. The molecule has 5 nitrogen and oxygen atoms in total. The fraction of sp³-hybridized carbons (Fsp3) is 0.562. The van der Waals surface area contributed by atoms with Crippen molar-refractivity contribution >= 4 is 5.97 Å². The Morgan fingerprint density at radius 3 is 2.19 bits per heavy atom. The van der Waals surface area contributed by atoms with Crippen LogP contribution in [-0.2, 0) is 4.79 Å². The lowest BCUT2D eigenvalue weighted by atomic mass is 9.94. The molecule has 0 bridgehead atoms. The predicted molar refractivity (Wildman–Crippen MR) is 82.0 cm³/mol. The minimum atomic E-state index is -1.01. The zero-order valence-corrected chi connectivity index (χ0v) is 13.3. The van der Waals surface area contributed by atoms with Crippen molar-refractivity contribution < 1.29 is 19.4 Å². The summed E-state index contributed by atoms with van der Waals surface area (Å²) in [5.41, 5.74) is -1.01. The lowest BCUT2D eigenvalue weighted by Crippen LogP contribution is -2.54. The number of aliphatic carboxylic acids is 1. The van der Waals surface area contributed by atoms with E-state index in [1.54, 1.807) is 14.0 Å². The second-order valence-electron chi connectivity index (χ2n) is 5.74. The number of benzene rings is 1. The molecule has 0 aliphatic heterocycles. The molecule has 1 rings (SSSR count). The van der Waals surface area contributed by atoms with Crippen LogP contribution >= 0.6 is 0 Å². The Morgan fingerprint density at radius 2 is 1.76 bits per heavy atom. The van der Waals surface area contributed by atoms with Gasteiger partial charge in [-0.1, -0.05) is 0 Å². The van der Waals surface area contributed by atoms with Crippen LogP contribution in [0.2, 0.25) is 0 Å². The van der Waals surface area contributed by atoms with Gasteiger partial charge < -0.3 is 14.6 Å². The average molecular weight is 295 g/mol. The molecule has 1 aromatic carbocycles. The number of hydrogen-bond acceptors (Lipinski definition) is 4. The van der Waals surface area contributed by atoms with E-state index in [9.17, 15) is 9.90 Å². The molecule has 1 aromatic rings. The summed E-state index contributed by atoms with van der Waals surface area (Å²) < 4.78 is 10.9. The minimum Gasteiger partial charge on any atom is -0.497 e. The average Bonchev–Trinajstić information content (AvgIpc) is 2.38. The summed E-state index contributed by atoms with van der Waals surface area (Å²) in [6.45, 7) is 7.41. The first-order valence-corrected chi connectivity index (χ1v) is 7.08. The Balaban J connectivity index is 2.68. The van der Waals surface area contributed by atoms with Crippen LogP contribution in [0.25, 0.3) is 0 Å². The van der Waals surface area contributed by atoms with E-state index in [0.29, 0.717) is 12.2 Å². The molecule has 2 N–H and O–H groups in total. The topological polar surface area (TPSA) is 67.8 Å². The van der Waals surface area contributed by atoms with E-state index in [4.69, 9.17) is 9.47 Å². The second-order valence-corrected chi connectivity index (χ2v) is 5.74. The Bertz CT molecular complexity index is 458. The van der Waals surface area contributed by atoms with Crippen LogP contribution in [0.15, 0.2) is 24.3 Å². The highest BCUT2D eigenvalue weighted by molar-refractivity contribution is 5.78. The number of nitrogens with one attached hydrogen (secondary N) is 1. The van der Waals surface area contributed by atoms with E-state index in [-0.39, 0.29) is 12.1 Å². The Kier molecular flexibility index (Phi) is 6.03. The third-order valence-corrected chi connectivity index (χ3v) is 3.17. The molecular weight excluding hydrogens is 270 g/mol.